The summed E-state index contributed by atoms with van der Waals surface area (Å²) in [5, 5.41) is 5.70. The average molecular weight is 564 g/mol. The van der Waals surface area contributed by atoms with Crippen molar-refractivity contribution in [2.75, 3.05) is 0 Å². The highest BCUT2D eigenvalue weighted by Crippen LogP contribution is 2.58. The molecule has 0 saturated heterocycles. The zero-order chi connectivity index (χ0) is 27.1. The first kappa shape index (κ1) is 23.1. The van der Waals surface area contributed by atoms with Gasteiger partial charge in [-0.3, -0.25) is 0 Å². The molecule has 0 radical (unpaired) electrons. The first-order chi connectivity index (χ1) is 20.2. The molecule has 3 nitrogen and oxygen atoms in total. The zero-order valence-corrected chi connectivity index (χ0v) is 23.5. The van der Waals surface area contributed by atoms with E-state index in [-0.39, 0.29) is 0 Å². The van der Waals surface area contributed by atoms with Gasteiger partial charge in [-0.2, -0.15) is 0 Å². The molecular weight excluding hydrogens is 541 g/mol. The molecule has 0 bridgehead atoms. The number of ether oxygens (including phenoxy) is 2. The highest BCUT2D eigenvalue weighted by Gasteiger charge is 2.42. The Balaban J connectivity index is 1.19. The van der Waals surface area contributed by atoms with Gasteiger partial charge in [0.05, 0.1) is 22.4 Å². The maximum Gasteiger partial charge on any atom is 0.140 e. The number of aromatic nitrogens is 1. The smallest absolute Gasteiger partial charge is 0.140 e. The number of hydrogen-bond donors (Lipinski definition) is 0. The minimum absolute atomic E-state index is 0.802. The van der Waals surface area contributed by atoms with E-state index in [1.165, 1.54) is 21.8 Å². The number of nitrogens with zero attached hydrogens (tertiary/aromatic N) is 1. The van der Waals surface area contributed by atoms with Crippen LogP contribution in [0.25, 0.3) is 38.6 Å². The molecule has 0 fully saturated rings. The lowest BCUT2D eigenvalue weighted by Crippen LogP contribution is -2.34. The van der Waals surface area contributed by atoms with E-state index in [1.54, 1.807) is 0 Å². The lowest BCUT2D eigenvalue weighted by molar-refractivity contribution is 0.466. The van der Waals surface area contributed by atoms with Crippen molar-refractivity contribution >= 4 is 55.6 Å². The van der Waals surface area contributed by atoms with E-state index in [0.717, 1.165) is 55.7 Å². The van der Waals surface area contributed by atoms with E-state index >= 15 is 0 Å². The van der Waals surface area contributed by atoms with Gasteiger partial charge < -0.3 is 14.0 Å². The second kappa shape index (κ2) is 8.44. The van der Waals surface area contributed by atoms with Crippen LogP contribution in [-0.2, 0) is 11.8 Å². The van der Waals surface area contributed by atoms with Crippen molar-refractivity contribution in [2.24, 2.45) is 0 Å². The van der Waals surface area contributed by atoms with E-state index in [4.69, 9.17) is 21.3 Å². The van der Waals surface area contributed by atoms with Crippen LogP contribution < -0.4 is 25.4 Å². The Morgan fingerprint density at radius 1 is 0.488 bits per heavy atom. The normalized spacial score (nSPS) is 16.4. The summed E-state index contributed by atoms with van der Waals surface area (Å²) in [7, 11) is 0. The topological polar surface area (TPSA) is 23.4 Å². The standard InChI is InChI=1S/C36H22NO2PS/c41-40-34-15-6-5-12-30(34)38-32-13-7-14-33(36(32)40)39-31-21-18-24(22-35(31)40)23-16-19-25(20-17-23)37-28-10-3-1-8-26(28)27-9-2-4-11-29(27)37/h1-22H. The zero-order valence-electron chi connectivity index (χ0n) is 21.8. The lowest BCUT2D eigenvalue weighted by atomic mass is 10.0. The molecule has 0 spiro atoms. The predicted octanol–water partition coefficient (Wildman–Crippen LogP) is 8.42. The fourth-order valence-corrected chi connectivity index (χ4v) is 10.9. The van der Waals surface area contributed by atoms with Crippen molar-refractivity contribution < 1.29 is 9.47 Å². The Hall–Kier alpha value is -4.63. The van der Waals surface area contributed by atoms with Crippen molar-refractivity contribution in [1.82, 2.24) is 4.57 Å². The van der Waals surface area contributed by atoms with Gasteiger partial charge in [-0.25, -0.2) is 0 Å². The molecule has 0 aliphatic carbocycles. The summed E-state index contributed by atoms with van der Waals surface area (Å²) >= 11 is 6.68. The molecule has 1 unspecified atom stereocenters. The van der Waals surface area contributed by atoms with Crippen LogP contribution in [0.3, 0.4) is 0 Å². The van der Waals surface area contributed by atoms with Gasteiger partial charge >= 0.3 is 0 Å². The molecule has 1 aromatic heterocycles. The largest absolute Gasteiger partial charge is 0.456 e. The Morgan fingerprint density at radius 3 is 1.76 bits per heavy atom. The van der Waals surface area contributed by atoms with Gasteiger partial charge in [-0.05, 0) is 71.8 Å². The first-order valence-electron chi connectivity index (χ1n) is 13.6. The molecule has 1 atom stereocenters. The molecular formula is C36H22NO2PS. The summed E-state index contributed by atoms with van der Waals surface area (Å²) in [6.07, 6.45) is 0. The van der Waals surface area contributed by atoms with E-state index in [2.05, 4.69) is 108 Å². The fraction of sp³-hybridized carbons (Fsp3) is 0. The van der Waals surface area contributed by atoms with Crippen LogP contribution in [0.2, 0.25) is 0 Å². The summed E-state index contributed by atoms with van der Waals surface area (Å²) in [5.74, 6) is 3.28. The third-order valence-corrected chi connectivity index (χ3v) is 13.1. The van der Waals surface area contributed by atoms with Crippen LogP contribution in [-0.4, -0.2) is 4.57 Å². The van der Waals surface area contributed by atoms with Crippen molar-refractivity contribution in [3.05, 3.63) is 133 Å². The van der Waals surface area contributed by atoms with Crippen molar-refractivity contribution in [1.29, 1.82) is 0 Å². The third kappa shape index (κ3) is 3.18. The van der Waals surface area contributed by atoms with E-state index in [9.17, 15) is 0 Å². The fourth-order valence-electron chi connectivity index (χ4n) is 6.42. The van der Waals surface area contributed by atoms with Crippen LogP contribution in [0.15, 0.2) is 133 Å². The van der Waals surface area contributed by atoms with Gasteiger partial charge in [0.15, 0.2) is 0 Å². The van der Waals surface area contributed by atoms with Crippen LogP contribution >= 0.6 is 6.04 Å². The van der Waals surface area contributed by atoms with E-state index < -0.39 is 6.04 Å². The van der Waals surface area contributed by atoms with Crippen LogP contribution in [0, 0.1) is 0 Å². The van der Waals surface area contributed by atoms with Gasteiger partial charge in [0, 0.05) is 27.1 Å². The molecule has 7 aromatic rings. The Kier molecular flexibility index (Phi) is 4.76. The summed E-state index contributed by atoms with van der Waals surface area (Å²) < 4.78 is 15.1. The predicted molar refractivity (Wildman–Crippen MR) is 172 cm³/mol. The maximum atomic E-state index is 6.68. The molecule has 3 heterocycles. The summed E-state index contributed by atoms with van der Waals surface area (Å²) in [4.78, 5) is 0. The van der Waals surface area contributed by atoms with Gasteiger partial charge in [-0.1, -0.05) is 84.6 Å². The summed E-state index contributed by atoms with van der Waals surface area (Å²) in [5.41, 5.74) is 5.81. The highest BCUT2D eigenvalue weighted by molar-refractivity contribution is 8.26. The molecule has 0 amide bonds. The number of rotatable bonds is 2. The lowest BCUT2D eigenvalue weighted by Gasteiger charge is -2.37. The molecule has 41 heavy (non-hydrogen) atoms. The molecule has 5 heteroatoms. The molecule has 0 saturated carbocycles. The SMILES string of the molecule is S=P12c3ccccc3Oc3cccc(c31)Oc1ccc(-c3ccc(-n4c5ccccc5c5ccccc54)cc3)cc12. The van der Waals surface area contributed by atoms with Gasteiger partial charge in [0.25, 0.3) is 0 Å². The molecule has 9 rings (SSSR count). The number of hydrogen-bond acceptors (Lipinski definition) is 3. The van der Waals surface area contributed by atoms with E-state index in [1.807, 2.05) is 30.3 Å². The minimum Gasteiger partial charge on any atom is -0.456 e. The van der Waals surface area contributed by atoms with Crippen molar-refractivity contribution in [3.8, 4) is 39.8 Å². The Morgan fingerprint density at radius 2 is 1.05 bits per heavy atom. The second-order valence-electron chi connectivity index (χ2n) is 10.5. The highest BCUT2D eigenvalue weighted by atomic mass is 32.4. The van der Waals surface area contributed by atoms with Gasteiger partial charge in [-0.15, -0.1) is 0 Å². The van der Waals surface area contributed by atoms with Crippen LogP contribution in [0.4, 0.5) is 0 Å². The van der Waals surface area contributed by atoms with Crippen molar-refractivity contribution in [3.63, 3.8) is 0 Å². The molecule has 0 N–H and O–H groups in total. The molecule has 2 aliphatic heterocycles. The molecule has 194 valence electrons. The number of benzene rings is 6. The average Bonchev–Trinajstić information content (AvgIpc) is 3.36. The third-order valence-electron chi connectivity index (χ3n) is 8.26. The summed E-state index contributed by atoms with van der Waals surface area (Å²) in [6.45, 7) is 0. The quantitative estimate of drug-likeness (QED) is 0.197. The minimum atomic E-state index is -2.39. The Labute approximate surface area is 242 Å². The van der Waals surface area contributed by atoms with Gasteiger partial charge in [0.1, 0.15) is 23.0 Å². The van der Waals surface area contributed by atoms with Crippen molar-refractivity contribution in [2.45, 2.75) is 0 Å². The van der Waals surface area contributed by atoms with Gasteiger partial charge in [0.2, 0.25) is 0 Å². The number of fused-ring (bicyclic) bond motifs is 7. The summed E-state index contributed by atoms with van der Waals surface area (Å²) in [6, 6.07) is 44.3. The monoisotopic (exact) mass is 563 g/mol. The molecule has 6 aromatic carbocycles. The first-order valence-corrected chi connectivity index (χ1v) is 16.4. The molecule has 2 aliphatic rings. The van der Waals surface area contributed by atoms with E-state index in [0.29, 0.717) is 0 Å². The Bertz CT molecular complexity index is 2180. The second-order valence-corrected chi connectivity index (χ2v) is 14.8. The van der Waals surface area contributed by atoms with Crippen LogP contribution in [0.1, 0.15) is 0 Å². The maximum absolute atomic E-state index is 6.68. The van der Waals surface area contributed by atoms with Crippen LogP contribution in [0.5, 0.6) is 23.0 Å². The number of para-hydroxylation sites is 3.